The molecule has 1 amide bonds. The number of carbonyl (C=O) groups excluding carboxylic acids is 1. The number of aromatic nitrogens is 1. The molecule has 0 radical (unpaired) electrons. The van der Waals surface area contributed by atoms with Crippen LogP contribution in [0.3, 0.4) is 0 Å². The number of anilines is 2. The number of pyridine rings is 1. The van der Waals surface area contributed by atoms with Crippen molar-refractivity contribution in [3.63, 3.8) is 0 Å². The summed E-state index contributed by atoms with van der Waals surface area (Å²) in [6.07, 6.45) is 4.07. The smallest absolute Gasteiger partial charge is 0.274 e. The summed E-state index contributed by atoms with van der Waals surface area (Å²) < 4.78 is 5.55. The molecule has 0 aliphatic carbocycles. The van der Waals surface area contributed by atoms with Crippen LogP contribution in [-0.2, 0) is 4.74 Å². The molecule has 1 saturated heterocycles. The first kappa shape index (κ1) is 17.0. The molecule has 1 atom stereocenters. The number of hydrogen-bond acceptors (Lipinski definition) is 4. The summed E-state index contributed by atoms with van der Waals surface area (Å²) in [5.74, 6) is -0.320. The molecule has 1 aliphatic rings. The molecule has 126 valence electrons. The molecule has 0 saturated carbocycles. The highest BCUT2D eigenvalue weighted by atomic mass is 35.5. The minimum Gasteiger partial charge on any atom is -0.381 e. The van der Waals surface area contributed by atoms with Crippen LogP contribution in [0, 0.1) is 0 Å². The Labute approximate surface area is 150 Å². The minimum atomic E-state index is -0.320. The van der Waals surface area contributed by atoms with Crippen molar-refractivity contribution in [2.75, 3.05) is 23.8 Å². The third-order valence-electron chi connectivity index (χ3n) is 3.67. The first-order valence-corrected chi connectivity index (χ1v) is 8.45. The van der Waals surface area contributed by atoms with E-state index in [4.69, 9.17) is 27.9 Å². The predicted molar refractivity (Wildman–Crippen MR) is 96.1 cm³/mol. The molecule has 2 aromatic rings. The Morgan fingerprint density at radius 1 is 1.21 bits per heavy atom. The maximum atomic E-state index is 12.2. The number of nitrogens with one attached hydrogen (secondary N) is 2. The van der Waals surface area contributed by atoms with Gasteiger partial charge in [-0.3, -0.25) is 4.79 Å². The topological polar surface area (TPSA) is 63.2 Å². The first-order chi connectivity index (χ1) is 11.6. The lowest BCUT2D eigenvalue weighted by molar-refractivity contribution is 0.102. The van der Waals surface area contributed by atoms with Crippen molar-refractivity contribution in [2.45, 2.75) is 18.9 Å². The van der Waals surface area contributed by atoms with E-state index in [0.717, 1.165) is 31.7 Å². The van der Waals surface area contributed by atoms with Gasteiger partial charge in [0, 0.05) is 28.9 Å². The average molecular weight is 366 g/mol. The fourth-order valence-electron chi connectivity index (χ4n) is 2.49. The molecule has 0 bridgehead atoms. The largest absolute Gasteiger partial charge is 0.381 e. The zero-order valence-corrected chi connectivity index (χ0v) is 14.4. The number of carbonyl (C=O) groups is 1. The number of ether oxygens (including phenoxy) is 1. The minimum absolute atomic E-state index is 0.251. The monoisotopic (exact) mass is 365 g/mol. The molecule has 2 N–H and O–H groups in total. The highest BCUT2D eigenvalue weighted by Gasteiger charge is 2.15. The Bertz CT molecular complexity index is 696. The van der Waals surface area contributed by atoms with E-state index in [0.29, 0.717) is 21.4 Å². The first-order valence-electron chi connectivity index (χ1n) is 7.69. The van der Waals surface area contributed by atoms with Gasteiger partial charge in [-0.25, -0.2) is 4.98 Å². The van der Waals surface area contributed by atoms with Crippen molar-refractivity contribution < 1.29 is 9.53 Å². The molecule has 3 rings (SSSR count). The van der Waals surface area contributed by atoms with Gasteiger partial charge in [-0.15, -0.1) is 0 Å². The molecular weight excluding hydrogens is 349 g/mol. The molecule has 7 heteroatoms. The van der Waals surface area contributed by atoms with E-state index in [1.807, 2.05) is 6.07 Å². The van der Waals surface area contributed by atoms with Crippen LogP contribution in [0.5, 0.6) is 0 Å². The van der Waals surface area contributed by atoms with Gasteiger partial charge in [-0.1, -0.05) is 23.2 Å². The van der Waals surface area contributed by atoms with Crippen LogP contribution in [0.1, 0.15) is 23.3 Å². The van der Waals surface area contributed by atoms with Crippen LogP contribution in [-0.4, -0.2) is 30.1 Å². The summed E-state index contributed by atoms with van der Waals surface area (Å²) >= 11 is 11.8. The van der Waals surface area contributed by atoms with Gasteiger partial charge in [0.1, 0.15) is 5.69 Å². The molecule has 1 aromatic carbocycles. The molecule has 0 spiro atoms. The number of hydrogen-bond donors (Lipinski definition) is 2. The van der Waals surface area contributed by atoms with Gasteiger partial charge in [0.2, 0.25) is 0 Å². The standard InChI is InChI=1S/C17H17Cl2N3O2/c18-11-6-12(19)8-14(7-11)22-17(23)16-4-3-13(9-21-16)20-10-15-2-1-5-24-15/h3-4,6-9,15,20H,1-2,5,10H2,(H,22,23). The fraction of sp³-hybridized carbons (Fsp3) is 0.294. The maximum Gasteiger partial charge on any atom is 0.274 e. The third kappa shape index (κ3) is 4.60. The zero-order valence-electron chi connectivity index (χ0n) is 12.9. The van der Waals surface area contributed by atoms with Crippen molar-refractivity contribution >= 4 is 40.5 Å². The van der Waals surface area contributed by atoms with E-state index in [-0.39, 0.29) is 12.0 Å². The molecule has 1 aliphatic heterocycles. The van der Waals surface area contributed by atoms with E-state index in [1.165, 1.54) is 0 Å². The highest BCUT2D eigenvalue weighted by Crippen LogP contribution is 2.23. The van der Waals surface area contributed by atoms with E-state index in [9.17, 15) is 4.79 Å². The summed E-state index contributed by atoms with van der Waals surface area (Å²) in [7, 11) is 0. The van der Waals surface area contributed by atoms with Gasteiger partial charge in [-0.05, 0) is 43.2 Å². The second-order valence-electron chi connectivity index (χ2n) is 5.56. The Balaban J connectivity index is 1.58. The Hall–Kier alpha value is -1.82. The van der Waals surface area contributed by atoms with Crippen molar-refractivity contribution in [3.8, 4) is 0 Å². The van der Waals surface area contributed by atoms with Crippen LogP contribution >= 0.6 is 23.2 Å². The summed E-state index contributed by atoms with van der Waals surface area (Å²) in [5, 5.41) is 6.90. The molecular formula is C17H17Cl2N3O2. The molecule has 1 aromatic heterocycles. The number of rotatable bonds is 5. The van der Waals surface area contributed by atoms with Gasteiger partial charge in [-0.2, -0.15) is 0 Å². The number of benzene rings is 1. The van der Waals surface area contributed by atoms with Crippen molar-refractivity contribution in [1.29, 1.82) is 0 Å². The summed E-state index contributed by atoms with van der Waals surface area (Å²) in [5.41, 5.74) is 1.70. The number of halogens is 2. The number of amides is 1. The van der Waals surface area contributed by atoms with Gasteiger partial charge in [0.05, 0.1) is 18.0 Å². The van der Waals surface area contributed by atoms with Gasteiger partial charge < -0.3 is 15.4 Å². The summed E-state index contributed by atoms with van der Waals surface area (Å²) in [6, 6.07) is 8.35. The van der Waals surface area contributed by atoms with E-state index in [1.54, 1.807) is 30.5 Å². The van der Waals surface area contributed by atoms with Crippen molar-refractivity contribution in [3.05, 3.63) is 52.3 Å². The Morgan fingerprint density at radius 3 is 2.62 bits per heavy atom. The molecule has 1 fully saturated rings. The lowest BCUT2D eigenvalue weighted by atomic mass is 10.2. The maximum absolute atomic E-state index is 12.2. The van der Waals surface area contributed by atoms with Crippen molar-refractivity contribution in [1.82, 2.24) is 4.98 Å². The highest BCUT2D eigenvalue weighted by molar-refractivity contribution is 6.35. The van der Waals surface area contributed by atoms with E-state index in [2.05, 4.69) is 15.6 Å². The third-order valence-corrected chi connectivity index (χ3v) is 4.11. The van der Waals surface area contributed by atoms with Crippen LogP contribution in [0.15, 0.2) is 36.5 Å². The molecule has 2 heterocycles. The number of nitrogens with zero attached hydrogens (tertiary/aromatic N) is 1. The van der Waals surface area contributed by atoms with Crippen LogP contribution in [0.25, 0.3) is 0 Å². The van der Waals surface area contributed by atoms with Crippen molar-refractivity contribution in [2.24, 2.45) is 0 Å². The average Bonchev–Trinajstić information content (AvgIpc) is 3.06. The quantitative estimate of drug-likeness (QED) is 0.831. The van der Waals surface area contributed by atoms with E-state index >= 15 is 0 Å². The van der Waals surface area contributed by atoms with Crippen LogP contribution in [0.2, 0.25) is 10.0 Å². The van der Waals surface area contributed by atoms with Crippen LogP contribution < -0.4 is 10.6 Å². The normalized spacial score (nSPS) is 16.8. The Morgan fingerprint density at radius 2 is 2.00 bits per heavy atom. The SMILES string of the molecule is O=C(Nc1cc(Cl)cc(Cl)c1)c1ccc(NCC2CCCO2)cn1. The lowest BCUT2D eigenvalue weighted by Gasteiger charge is -2.12. The Kier molecular flexibility index (Phi) is 5.56. The zero-order chi connectivity index (χ0) is 16.9. The second-order valence-corrected chi connectivity index (χ2v) is 6.43. The predicted octanol–water partition coefficient (Wildman–Crippen LogP) is 4.23. The second kappa shape index (κ2) is 7.83. The molecule has 24 heavy (non-hydrogen) atoms. The molecule has 5 nitrogen and oxygen atoms in total. The lowest BCUT2D eigenvalue weighted by Crippen LogP contribution is -2.19. The molecule has 1 unspecified atom stereocenters. The van der Waals surface area contributed by atoms with Gasteiger partial charge in [0.15, 0.2) is 0 Å². The van der Waals surface area contributed by atoms with Gasteiger partial charge >= 0.3 is 0 Å². The van der Waals surface area contributed by atoms with Crippen LogP contribution in [0.4, 0.5) is 11.4 Å². The summed E-state index contributed by atoms with van der Waals surface area (Å²) in [4.78, 5) is 16.4. The van der Waals surface area contributed by atoms with E-state index < -0.39 is 0 Å². The van der Waals surface area contributed by atoms with Gasteiger partial charge in [0.25, 0.3) is 5.91 Å². The summed E-state index contributed by atoms with van der Waals surface area (Å²) in [6.45, 7) is 1.57. The fourth-order valence-corrected chi connectivity index (χ4v) is 3.02.